The highest BCUT2D eigenvalue weighted by molar-refractivity contribution is 7.89. The molecule has 0 saturated carbocycles. The molecule has 0 unspecified atom stereocenters. The Morgan fingerprint density at radius 1 is 1.04 bits per heavy atom. The van der Waals surface area contributed by atoms with Gasteiger partial charge in [0.25, 0.3) is 0 Å². The van der Waals surface area contributed by atoms with Crippen molar-refractivity contribution in [3.63, 3.8) is 0 Å². The maximum atomic E-state index is 13.1. The molecule has 0 saturated heterocycles. The van der Waals surface area contributed by atoms with Crippen LogP contribution in [0.3, 0.4) is 0 Å². The fraction of sp³-hybridized carbons (Fsp3) is 0.286. The van der Waals surface area contributed by atoms with Crippen LogP contribution in [-0.2, 0) is 16.4 Å². The van der Waals surface area contributed by atoms with Gasteiger partial charge in [0.05, 0.1) is 10.6 Å². The topological polar surface area (TPSA) is 59.1 Å². The van der Waals surface area contributed by atoms with Crippen molar-refractivity contribution in [2.45, 2.75) is 39.0 Å². The monoisotopic (exact) mass is 418 g/mol. The quantitative estimate of drug-likeness (QED) is 0.631. The Labute approximate surface area is 169 Å². The van der Waals surface area contributed by atoms with Crippen molar-refractivity contribution in [1.82, 2.24) is 9.71 Å². The van der Waals surface area contributed by atoms with Crippen LogP contribution in [0.4, 0.5) is 4.39 Å². The number of aryl methyl sites for hydroxylation is 4. The summed E-state index contributed by atoms with van der Waals surface area (Å²) in [6, 6.07) is 9.97. The van der Waals surface area contributed by atoms with Crippen LogP contribution >= 0.6 is 11.3 Å². The van der Waals surface area contributed by atoms with Crippen LogP contribution in [-0.4, -0.2) is 19.9 Å². The van der Waals surface area contributed by atoms with Gasteiger partial charge in [0.1, 0.15) is 10.8 Å². The largest absolute Gasteiger partial charge is 0.241 e. The van der Waals surface area contributed by atoms with Gasteiger partial charge in [-0.2, -0.15) is 0 Å². The first-order valence-electron chi connectivity index (χ1n) is 8.97. The fourth-order valence-electron chi connectivity index (χ4n) is 3.34. The van der Waals surface area contributed by atoms with E-state index < -0.39 is 10.0 Å². The average Bonchev–Trinajstić information content (AvgIpc) is 2.95. The van der Waals surface area contributed by atoms with E-state index in [-0.39, 0.29) is 5.82 Å². The third-order valence-corrected chi connectivity index (χ3v) is 7.53. The molecule has 0 radical (unpaired) electrons. The summed E-state index contributed by atoms with van der Waals surface area (Å²) in [4.78, 5) is 5.91. The number of benzene rings is 2. The van der Waals surface area contributed by atoms with E-state index in [1.54, 1.807) is 12.1 Å². The smallest absolute Gasteiger partial charge is 0.241 e. The van der Waals surface area contributed by atoms with Crippen LogP contribution in [0, 0.1) is 33.5 Å². The Hall–Kier alpha value is -2.09. The molecule has 7 heteroatoms. The Balaban J connectivity index is 1.72. The third kappa shape index (κ3) is 4.48. The van der Waals surface area contributed by atoms with Gasteiger partial charge in [-0.25, -0.2) is 22.5 Å². The molecule has 0 spiro atoms. The number of hydrogen-bond acceptors (Lipinski definition) is 4. The van der Waals surface area contributed by atoms with Crippen LogP contribution in [0.2, 0.25) is 0 Å². The van der Waals surface area contributed by atoms with E-state index in [2.05, 4.69) is 9.71 Å². The van der Waals surface area contributed by atoms with Gasteiger partial charge in [-0.15, -0.1) is 11.3 Å². The normalized spacial score (nSPS) is 11.8. The SMILES string of the molecule is Cc1cc(C)c(S(=O)(=O)NCCc2sc(-c3ccc(F)cc3)nc2C)c(C)c1. The maximum absolute atomic E-state index is 13.1. The van der Waals surface area contributed by atoms with Crippen LogP contribution in [0.15, 0.2) is 41.3 Å². The van der Waals surface area contributed by atoms with Gasteiger partial charge in [-0.3, -0.25) is 0 Å². The minimum Gasteiger partial charge on any atom is -0.241 e. The van der Waals surface area contributed by atoms with Crippen molar-refractivity contribution in [2.75, 3.05) is 6.54 Å². The molecule has 3 aromatic rings. The minimum atomic E-state index is -3.58. The highest BCUT2D eigenvalue weighted by Crippen LogP contribution is 2.28. The summed E-state index contributed by atoms with van der Waals surface area (Å²) in [6.07, 6.45) is 0.549. The summed E-state index contributed by atoms with van der Waals surface area (Å²) in [5, 5.41) is 0.806. The molecule has 28 heavy (non-hydrogen) atoms. The van der Waals surface area contributed by atoms with Gasteiger partial charge in [0, 0.05) is 17.0 Å². The van der Waals surface area contributed by atoms with Gasteiger partial charge in [-0.05, 0) is 69.5 Å². The third-order valence-electron chi connectivity index (χ3n) is 4.50. The standard InChI is InChI=1S/C21H23FN2O2S2/c1-13-11-14(2)20(15(3)12-13)28(25,26)23-10-9-19-16(4)24-21(27-19)17-5-7-18(22)8-6-17/h5-8,11-12,23H,9-10H2,1-4H3. The number of rotatable bonds is 6. The molecular weight excluding hydrogens is 395 g/mol. The Morgan fingerprint density at radius 3 is 2.25 bits per heavy atom. The lowest BCUT2D eigenvalue weighted by Gasteiger charge is -2.13. The lowest BCUT2D eigenvalue weighted by atomic mass is 10.1. The zero-order valence-corrected chi connectivity index (χ0v) is 18.0. The zero-order valence-electron chi connectivity index (χ0n) is 16.3. The van der Waals surface area contributed by atoms with E-state index in [4.69, 9.17) is 0 Å². The molecule has 1 N–H and O–H groups in total. The molecule has 0 bridgehead atoms. The van der Waals surface area contributed by atoms with E-state index in [0.717, 1.165) is 37.8 Å². The van der Waals surface area contributed by atoms with Gasteiger partial charge in [0.15, 0.2) is 0 Å². The number of hydrogen-bond donors (Lipinski definition) is 1. The van der Waals surface area contributed by atoms with Gasteiger partial charge in [0.2, 0.25) is 10.0 Å². The summed E-state index contributed by atoms with van der Waals surface area (Å²) in [7, 11) is -3.58. The number of halogens is 1. The van der Waals surface area contributed by atoms with Crippen molar-refractivity contribution in [3.05, 3.63) is 69.5 Å². The van der Waals surface area contributed by atoms with E-state index in [9.17, 15) is 12.8 Å². The lowest BCUT2D eigenvalue weighted by Crippen LogP contribution is -2.27. The van der Waals surface area contributed by atoms with Crippen LogP contribution in [0.1, 0.15) is 27.3 Å². The Kier molecular flexibility index (Phi) is 5.98. The molecule has 2 aromatic carbocycles. The van der Waals surface area contributed by atoms with E-state index in [0.29, 0.717) is 17.9 Å². The second-order valence-electron chi connectivity index (χ2n) is 6.91. The van der Waals surface area contributed by atoms with E-state index in [1.165, 1.54) is 23.5 Å². The van der Waals surface area contributed by atoms with Crippen LogP contribution in [0.5, 0.6) is 0 Å². The van der Waals surface area contributed by atoms with Gasteiger partial charge >= 0.3 is 0 Å². The fourth-order valence-corrected chi connectivity index (χ4v) is 5.89. The van der Waals surface area contributed by atoms with E-state index in [1.807, 2.05) is 39.8 Å². The predicted octanol–water partition coefficient (Wildman–Crippen LogP) is 4.70. The van der Waals surface area contributed by atoms with Gasteiger partial charge < -0.3 is 0 Å². The average molecular weight is 419 g/mol. The molecule has 0 aliphatic carbocycles. The molecule has 0 atom stereocenters. The number of nitrogens with zero attached hydrogens (tertiary/aromatic N) is 1. The van der Waals surface area contributed by atoms with Crippen molar-refractivity contribution < 1.29 is 12.8 Å². The zero-order chi connectivity index (χ0) is 20.5. The summed E-state index contributed by atoms with van der Waals surface area (Å²) in [5.74, 6) is -0.284. The first-order chi connectivity index (χ1) is 13.2. The number of aromatic nitrogens is 1. The highest BCUT2D eigenvalue weighted by Gasteiger charge is 2.20. The first kappa shape index (κ1) is 20.6. The second kappa shape index (κ2) is 8.11. The highest BCUT2D eigenvalue weighted by atomic mass is 32.2. The van der Waals surface area contributed by atoms with E-state index >= 15 is 0 Å². The molecule has 0 aliphatic heterocycles. The Morgan fingerprint density at radius 2 is 1.64 bits per heavy atom. The number of nitrogens with one attached hydrogen (secondary N) is 1. The molecule has 1 heterocycles. The molecule has 0 amide bonds. The summed E-state index contributed by atoms with van der Waals surface area (Å²) in [6.45, 7) is 7.78. The molecule has 148 valence electrons. The summed E-state index contributed by atoms with van der Waals surface area (Å²) < 4.78 is 41.3. The van der Waals surface area contributed by atoms with Crippen molar-refractivity contribution in [3.8, 4) is 10.6 Å². The summed E-state index contributed by atoms with van der Waals surface area (Å²) >= 11 is 1.50. The molecule has 1 aromatic heterocycles. The maximum Gasteiger partial charge on any atom is 0.241 e. The minimum absolute atomic E-state index is 0.284. The van der Waals surface area contributed by atoms with Crippen LogP contribution in [0.25, 0.3) is 10.6 Å². The van der Waals surface area contributed by atoms with Crippen molar-refractivity contribution >= 4 is 21.4 Å². The summed E-state index contributed by atoms with van der Waals surface area (Å²) in [5.41, 5.74) is 4.26. The number of sulfonamides is 1. The van der Waals surface area contributed by atoms with Crippen LogP contribution < -0.4 is 4.72 Å². The lowest BCUT2D eigenvalue weighted by molar-refractivity contribution is 0.580. The second-order valence-corrected chi connectivity index (χ2v) is 9.70. The molecule has 3 rings (SSSR count). The van der Waals surface area contributed by atoms with Gasteiger partial charge in [-0.1, -0.05) is 17.7 Å². The molecule has 4 nitrogen and oxygen atoms in total. The van der Waals surface area contributed by atoms with Crippen molar-refractivity contribution in [2.24, 2.45) is 0 Å². The Bertz CT molecular complexity index is 1080. The molecule has 0 fully saturated rings. The van der Waals surface area contributed by atoms with Crippen molar-refractivity contribution in [1.29, 1.82) is 0 Å². The first-order valence-corrected chi connectivity index (χ1v) is 11.3. The molecular formula is C21H23FN2O2S2. The predicted molar refractivity (Wildman–Crippen MR) is 112 cm³/mol. The number of thiazole rings is 1. The molecule has 0 aliphatic rings.